The molecular weight excluding hydrogens is 266 g/mol. The Labute approximate surface area is 125 Å². The van der Waals surface area contributed by atoms with Crippen molar-refractivity contribution in [3.05, 3.63) is 29.8 Å². The maximum atomic E-state index is 12.2. The molecule has 21 heavy (non-hydrogen) atoms. The van der Waals surface area contributed by atoms with Crippen LogP contribution >= 0.6 is 0 Å². The fourth-order valence-electron chi connectivity index (χ4n) is 2.87. The number of hydrogen-bond acceptors (Lipinski definition) is 2. The second-order valence-corrected chi connectivity index (χ2v) is 6.77. The first-order chi connectivity index (χ1) is 9.80. The predicted molar refractivity (Wildman–Crippen MR) is 82.2 cm³/mol. The number of carboxylic acids is 1. The van der Waals surface area contributed by atoms with Crippen molar-refractivity contribution in [2.24, 2.45) is 11.3 Å². The van der Waals surface area contributed by atoms with Crippen molar-refractivity contribution in [3.8, 4) is 0 Å². The number of carbonyl (C=O) groups is 2. The monoisotopic (exact) mass is 289 g/mol. The summed E-state index contributed by atoms with van der Waals surface area (Å²) >= 11 is 0. The predicted octanol–water partition coefficient (Wildman–Crippen LogP) is 3.64. The smallest absolute Gasteiger partial charge is 0.307 e. The highest BCUT2D eigenvalue weighted by molar-refractivity contribution is 5.95. The standard InChI is InChI=1S/C17H23NO3/c1-17(2,3)16(21)18-14-10-5-4-7-12(14)11-8-6-9-13(11)15(19)20/h4-5,7,10-11,13H,6,8-9H2,1-3H3,(H,18,21)(H,19,20)/t11-,13?/m1/s1. The van der Waals surface area contributed by atoms with Crippen molar-refractivity contribution in [2.75, 3.05) is 5.32 Å². The normalized spacial score (nSPS) is 22.0. The van der Waals surface area contributed by atoms with Crippen LogP contribution in [0.5, 0.6) is 0 Å². The number of carboxylic acid groups (broad SMARTS) is 1. The first-order valence-corrected chi connectivity index (χ1v) is 7.44. The van der Waals surface area contributed by atoms with Crippen LogP contribution in [0.3, 0.4) is 0 Å². The molecule has 4 heteroatoms. The van der Waals surface area contributed by atoms with Crippen LogP contribution in [0.15, 0.2) is 24.3 Å². The van der Waals surface area contributed by atoms with Crippen LogP contribution < -0.4 is 5.32 Å². The molecule has 114 valence electrons. The third-order valence-corrected chi connectivity index (χ3v) is 4.12. The van der Waals surface area contributed by atoms with Gasteiger partial charge in [0.05, 0.1) is 5.92 Å². The lowest BCUT2D eigenvalue weighted by molar-refractivity contribution is -0.142. The summed E-state index contributed by atoms with van der Waals surface area (Å²) in [6.07, 6.45) is 2.49. The number of amides is 1. The molecule has 0 aromatic heterocycles. The summed E-state index contributed by atoms with van der Waals surface area (Å²) in [6, 6.07) is 7.56. The fourth-order valence-corrected chi connectivity index (χ4v) is 2.87. The van der Waals surface area contributed by atoms with Gasteiger partial charge in [-0.2, -0.15) is 0 Å². The molecule has 0 bridgehead atoms. The van der Waals surface area contributed by atoms with Crippen LogP contribution in [-0.2, 0) is 9.59 Å². The largest absolute Gasteiger partial charge is 0.481 e. The molecule has 1 fully saturated rings. The quantitative estimate of drug-likeness (QED) is 0.892. The number of benzene rings is 1. The Hall–Kier alpha value is -1.84. The molecule has 1 unspecified atom stereocenters. The minimum atomic E-state index is -0.741. The van der Waals surface area contributed by atoms with Crippen molar-refractivity contribution in [1.82, 2.24) is 0 Å². The third kappa shape index (κ3) is 3.43. The maximum Gasteiger partial charge on any atom is 0.307 e. The van der Waals surface area contributed by atoms with Crippen molar-refractivity contribution >= 4 is 17.6 Å². The number of hydrogen-bond donors (Lipinski definition) is 2. The third-order valence-electron chi connectivity index (χ3n) is 4.12. The number of rotatable bonds is 3. The lowest BCUT2D eigenvalue weighted by Gasteiger charge is -2.23. The van der Waals surface area contributed by atoms with E-state index in [4.69, 9.17) is 0 Å². The van der Waals surface area contributed by atoms with Gasteiger partial charge in [-0.25, -0.2) is 0 Å². The highest BCUT2D eigenvalue weighted by Gasteiger charge is 2.35. The average Bonchev–Trinajstić information content (AvgIpc) is 2.87. The molecule has 1 aliphatic carbocycles. The Morgan fingerprint density at radius 2 is 1.86 bits per heavy atom. The van der Waals surface area contributed by atoms with E-state index >= 15 is 0 Å². The molecule has 1 aliphatic rings. The molecular formula is C17H23NO3. The van der Waals surface area contributed by atoms with E-state index in [0.29, 0.717) is 6.42 Å². The summed E-state index contributed by atoms with van der Waals surface area (Å²) in [7, 11) is 0. The number of nitrogens with one attached hydrogen (secondary N) is 1. The fraction of sp³-hybridized carbons (Fsp3) is 0.529. The van der Waals surface area contributed by atoms with Crippen LogP contribution in [0.1, 0.15) is 51.5 Å². The van der Waals surface area contributed by atoms with E-state index in [-0.39, 0.29) is 17.7 Å². The zero-order chi connectivity index (χ0) is 15.6. The Bertz CT molecular complexity index is 545. The molecule has 2 N–H and O–H groups in total. The van der Waals surface area contributed by atoms with Gasteiger partial charge < -0.3 is 10.4 Å². The minimum Gasteiger partial charge on any atom is -0.481 e. The zero-order valence-electron chi connectivity index (χ0n) is 12.8. The zero-order valence-corrected chi connectivity index (χ0v) is 12.8. The van der Waals surface area contributed by atoms with Gasteiger partial charge in [-0.3, -0.25) is 9.59 Å². The van der Waals surface area contributed by atoms with Gasteiger partial charge in [0.1, 0.15) is 0 Å². The summed E-state index contributed by atoms with van der Waals surface area (Å²) in [5, 5.41) is 12.3. The second-order valence-electron chi connectivity index (χ2n) is 6.77. The van der Waals surface area contributed by atoms with Gasteiger partial charge in [0.25, 0.3) is 0 Å². The number of carbonyl (C=O) groups excluding carboxylic acids is 1. The number of aliphatic carboxylic acids is 1. The van der Waals surface area contributed by atoms with E-state index in [1.54, 1.807) is 0 Å². The first kappa shape index (κ1) is 15.5. The van der Waals surface area contributed by atoms with E-state index in [9.17, 15) is 14.7 Å². The summed E-state index contributed by atoms with van der Waals surface area (Å²) in [4.78, 5) is 23.6. The molecule has 0 radical (unpaired) electrons. The van der Waals surface area contributed by atoms with Gasteiger partial charge in [-0.05, 0) is 30.4 Å². The summed E-state index contributed by atoms with van der Waals surface area (Å²) in [5.74, 6) is -1.16. The van der Waals surface area contributed by atoms with Crippen molar-refractivity contribution in [3.63, 3.8) is 0 Å². The van der Waals surface area contributed by atoms with E-state index in [1.165, 1.54) is 0 Å². The molecule has 0 saturated heterocycles. The van der Waals surface area contributed by atoms with Gasteiger partial charge in [-0.1, -0.05) is 45.4 Å². The average molecular weight is 289 g/mol. The van der Waals surface area contributed by atoms with Gasteiger partial charge in [0.2, 0.25) is 5.91 Å². The van der Waals surface area contributed by atoms with E-state index < -0.39 is 11.4 Å². The van der Waals surface area contributed by atoms with Crippen LogP contribution in [0.25, 0.3) is 0 Å². The maximum absolute atomic E-state index is 12.2. The van der Waals surface area contributed by atoms with Crippen molar-refractivity contribution in [2.45, 2.75) is 46.0 Å². The van der Waals surface area contributed by atoms with E-state index in [2.05, 4.69) is 5.32 Å². The molecule has 0 heterocycles. The molecule has 1 saturated carbocycles. The van der Waals surface area contributed by atoms with Crippen molar-refractivity contribution in [1.29, 1.82) is 0 Å². The Kier molecular flexibility index (Phi) is 4.35. The van der Waals surface area contributed by atoms with Crippen LogP contribution in [0.2, 0.25) is 0 Å². The molecule has 1 aromatic carbocycles. The Morgan fingerprint density at radius 1 is 1.19 bits per heavy atom. The van der Waals surface area contributed by atoms with Gasteiger partial charge in [0.15, 0.2) is 0 Å². The highest BCUT2D eigenvalue weighted by atomic mass is 16.4. The number of para-hydroxylation sites is 1. The molecule has 2 atom stereocenters. The highest BCUT2D eigenvalue weighted by Crippen LogP contribution is 2.42. The number of anilines is 1. The minimum absolute atomic E-state index is 0.0148. The SMILES string of the molecule is CC(C)(C)C(=O)Nc1ccccc1[C@H]1CCCC1C(=O)O. The molecule has 0 aliphatic heterocycles. The lowest BCUT2D eigenvalue weighted by atomic mass is 9.87. The van der Waals surface area contributed by atoms with Crippen molar-refractivity contribution < 1.29 is 14.7 Å². The van der Waals surface area contributed by atoms with Crippen LogP contribution in [-0.4, -0.2) is 17.0 Å². The van der Waals surface area contributed by atoms with Gasteiger partial charge >= 0.3 is 5.97 Å². The molecule has 1 amide bonds. The summed E-state index contributed by atoms with van der Waals surface area (Å²) < 4.78 is 0. The van der Waals surface area contributed by atoms with E-state index in [1.807, 2.05) is 45.0 Å². The summed E-state index contributed by atoms with van der Waals surface area (Å²) in [5.41, 5.74) is 1.21. The van der Waals surface area contributed by atoms with Gasteiger partial charge in [0, 0.05) is 11.1 Å². The molecule has 1 aromatic rings. The van der Waals surface area contributed by atoms with E-state index in [0.717, 1.165) is 24.1 Å². The summed E-state index contributed by atoms with van der Waals surface area (Å²) in [6.45, 7) is 5.59. The molecule has 0 spiro atoms. The molecule has 4 nitrogen and oxygen atoms in total. The van der Waals surface area contributed by atoms with Gasteiger partial charge in [-0.15, -0.1) is 0 Å². The Morgan fingerprint density at radius 3 is 2.48 bits per heavy atom. The van der Waals surface area contributed by atoms with Crippen LogP contribution in [0, 0.1) is 11.3 Å². The first-order valence-electron chi connectivity index (χ1n) is 7.44. The molecule has 2 rings (SSSR count). The second kappa shape index (κ2) is 5.88. The Balaban J connectivity index is 2.29. The lowest BCUT2D eigenvalue weighted by Crippen LogP contribution is -2.28. The van der Waals surface area contributed by atoms with Crippen LogP contribution in [0.4, 0.5) is 5.69 Å². The topological polar surface area (TPSA) is 66.4 Å².